The third-order valence-electron chi connectivity index (χ3n) is 5.79. The van der Waals surface area contributed by atoms with Gasteiger partial charge in [-0.3, -0.25) is 4.79 Å². The van der Waals surface area contributed by atoms with E-state index in [0.717, 1.165) is 16.7 Å². The number of amides is 1. The van der Waals surface area contributed by atoms with Gasteiger partial charge in [0, 0.05) is 18.3 Å². The Bertz CT molecular complexity index is 1270. The van der Waals surface area contributed by atoms with Crippen LogP contribution in [0.5, 0.6) is 11.5 Å². The maximum atomic E-state index is 13.6. The van der Waals surface area contributed by atoms with Crippen LogP contribution < -0.4 is 14.8 Å². The number of nitrogens with one attached hydrogen (secondary N) is 1. The molecule has 172 valence electrons. The fourth-order valence-electron chi connectivity index (χ4n) is 3.96. The number of ether oxygens (including phenoxy) is 2. The van der Waals surface area contributed by atoms with Crippen LogP contribution in [-0.4, -0.2) is 38.9 Å². The van der Waals surface area contributed by atoms with Crippen molar-refractivity contribution in [2.45, 2.75) is 30.8 Å². The van der Waals surface area contributed by atoms with Gasteiger partial charge in [-0.05, 0) is 48.7 Å². The summed E-state index contributed by atoms with van der Waals surface area (Å²) in [5.41, 5.74) is 3.30. The molecule has 0 saturated heterocycles. The quantitative estimate of drug-likeness (QED) is 0.598. The predicted molar refractivity (Wildman–Crippen MR) is 126 cm³/mol. The van der Waals surface area contributed by atoms with E-state index >= 15 is 0 Å². The van der Waals surface area contributed by atoms with Gasteiger partial charge in [-0.2, -0.15) is 4.31 Å². The number of hydrogen-bond acceptors (Lipinski definition) is 5. The molecule has 0 bridgehead atoms. The molecule has 1 heterocycles. The summed E-state index contributed by atoms with van der Waals surface area (Å²) in [6, 6.07) is 18.4. The zero-order valence-corrected chi connectivity index (χ0v) is 19.6. The lowest BCUT2D eigenvalue weighted by Gasteiger charge is -2.35. The molecule has 7 nitrogen and oxygen atoms in total. The van der Waals surface area contributed by atoms with Crippen LogP contribution in [0.4, 0.5) is 5.69 Å². The third-order valence-corrected chi connectivity index (χ3v) is 7.66. The van der Waals surface area contributed by atoms with Crippen molar-refractivity contribution in [1.29, 1.82) is 0 Å². The van der Waals surface area contributed by atoms with E-state index < -0.39 is 22.0 Å². The van der Waals surface area contributed by atoms with E-state index in [1.807, 2.05) is 31.2 Å². The Morgan fingerprint density at radius 1 is 0.939 bits per heavy atom. The maximum Gasteiger partial charge on any atom is 0.244 e. The van der Waals surface area contributed by atoms with Gasteiger partial charge >= 0.3 is 0 Å². The van der Waals surface area contributed by atoms with Crippen molar-refractivity contribution in [2.24, 2.45) is 0 Å². The fourth-order valence-corrected chi connectivity index (χ4v) is 5.53. The maximum absolute atomic E-state index is 13.6. The van der Waals surface area contributed by atoms with Crippen molar-refractivity contribution < 1.29 is 22.7 Å². The lowest BCUT2D eigenvalue weighted by atomic mass is 9.95. The van der Waals surface area contributed by atoms with Gasteiger partial charge in [-0.25, -0.2) is 8.42 Å². The number of sulfonamides is 1. The van der Waals surface area contributed by atoms with Crippen molar-refractivity contribution in [2.75, 3.05) is 19.5 Å². The van der Waals surface area contributed by atoms with Crippen LogP contribution in [0.2, 0.25) is 0 Å². The Labute approximate surface area is 194 Å². The van der Waals surface area contributed by atoms with E-state index in [-0.39, 0.29) is 17.9 Å². The van der Waals surface area contributed by atoms with Gasteiger partial charge in [0.25, 0.3) is 0 Å². The van der Waals surface area contributed by atoms with Gasteiger partial charge in [0.2, 0.25) is 15.9 Å². The molecule has 1 aliphatic rings. The topological polar surface area (TPSA) is 84.9 Å². The minimum Gasteiger partial charge on any atom is -0.493 e. The molecule has 1 N–H and O–H groups in total. The van der Waals surface area contributed by atoms with Crippen LogP contribution in [0, 0.1) is 6.92 Å². The lowest BCUT2D eigenvalue weighted by molar-refractivity contribution is -0.120. The molecule has 0 spiro atoms. The summed E-state index contributed by atoms with van der Waals surface area (Å²) >= 11 is 0. The second kappa shape index (κ2) is 9.25. The third kappa shape index (κ3) is 4.58. The fraction of sp³-hybridized carbons (Fsp3) is 0.240. The average molecular weight is 467 g/mol. The van der Waals surface area contributed by atoms with E-state index in [1.54, 1.807) is 42.5 Å². The van der Waals surface area contributed by atoms with Crippen LogP contribution in [-0.2, 0) is 27.8 Å². The first-order valence-electron chi connectivity index (χ1n) is 10.5. The van der Waals surface area contributed by atoms with E-state index in [1.165, 1.54) is 18.5 Å². The molecule has 0 saturated carbocycles. The smallest absolute Gasteiger partial charge is 0.244 e. The van der Waals surface area contributed by atoms with Crippen LogP contribution in [0.1, 0.15) is 16.7 Å². The molecule has 4 rings (SSSR count). The summed E-state index contributed by atoms with van der Waals surface area (Å²) in [5.74, 6) is 0.589. The number of carbonyl (C=O) groups is 1. The SMILES string of the molecule is COc1ccc(NC(=O)[C@@H]2Cc3ccccc3CN2S(=O)(=O)c2ccc(C)cc2)cc1OC. The highest BCUT2D eigenvalue weighted by Crippen LogP contribution is 2.32. The summed E-state index contributed by atoms with van der Waals surface area (Å²) in [6.45, 7) is 2.02. The van der Waals surface area contributed by atoms with E-state index in [4.69, 9.17) is 9.47 Å². The summed E-state index contributed by atoms with van der Waals surface area (Å²) in [6.07, 6.45) is 0.278. The van der Waals surface area contributed by atoms with Crippen molar-refractivity contribution in [3.05, 3.63) is 83.4 Å². The number of aryl methyl sites for hydroxylation is 1. The van der Waals surface area contributed by atoms with Gasteiger partial charge in [-0.1, -0.05) is 42.0 Å². The minimum atomic E-state index is -3.90. The highest BCUT2D eigenvalue weighted by Gasteiger charge is 2.39. The van der Waals surface area contributed by atoms with Crippen LogP contribution in [0.25, 0.3) is 0 Å². The molecule has 0 aromatic heterocycles. The first-order chi connectivity index (χ1) is 15.8. The van der Waals surface area contributed by atoms with Gasteiger partial charge in [-0.15, -0.1) is 0 Å². The Kier molecular flexibility index (Phi) is 6.40. The summed E-state index contributed by atoms with van der Waals surface area (Å²) < 4.78 is 39.0. The number of nitrogens with zero attached hydrogens (tertiary/aromatic N) is 1. The van der Waals surface area contributed by atoms with Crippen LogP contribution in [0.15, 0.2) is 71.6 Å². The highest BCUT2D eigenvalue weighted by molar-refractivity contribution is 7.89. The molecule has 8 heteroatoms. The Morgan fingerprint density at radius 2 is 1.61 bits per heavy atom. The molecular weight excluding hydrogens is 440 g/mol. The Balaban J connectivity index is 1.69. The predicted octanol–water partition coefficient (Wildman–Crippen LogP) is 3.77. The van der Waals surface area contributed by atoms with E-state index in [0.29, 0.717) is 17.2 Å². The molecule has 0 unspecified atom stereocenters. The van der Waals surface area contributed by atoms with Gasteiger partial charge in [0.15, 0.2) is 11.5 Å². The molecule has 0 fully saturated rings. The second-order valence-corrected chi connectivity index (χ2v) is 9.80. The zero-order valence-electron chi connectivity index (χ0n) is 18.7. The van der Waals surface area contributed by atoms with Crippen molar-refractivity contribution in [1.82, 2.24) is 4.31 Å². The molecule has 33 heavy (non-hydrogen) atoms. The van der Waals surface area contributed by atoms with Crippen molar-refractivity contribution in [3.63, 3.8) is 0 Å². The second-order valence-electron chi connectivity index (χ2n) is 7.91. The van der Waals surface area contributed by atoms with Gasteiger partial charge in [0.05, 0.1) is 19.1 Å². The molecule has 1 atom stereocenters. The molecule has 0 radical (unpaired) electrons. The molecule has 3 aromatic rings. The number of fused-ring (bicyclic) bond motifs is 1. The number of anilines is 1. The molecule has 3 aromatic carbocycles. The largest absolute Gasteiger partial charge is 0.493 e. The highest BCUT2D eigenvalue weighted by atomic mass is 32.2. The zero-order chi connectivity index (χ0) is 23.6. The number of rotatable bonds is 6. The first-order valence-corrected chi connectivity index (χ1v) is 12.0. The summed E-state index contributed by atoms with van der Waals surface area (Å²) in [4.78, 5) is 13.5. The number of methoxy groups -OCH3 is 2. The Morgan fingerprint density at radius 3 is 2.27 bits per heavy atom. The van der Waals surface area contributed by atoms with E-state index in [2.05, 4.69) is 5.32 Å². The summed E-state index contributed by atoms with van der Waals surface area (Å²) in [5, 5.41) is 2.85. The van der Waals surface area contributed by atoms with Crippen molar-refractivity contribution in [3.8, 4) is 11.5 Å². The number of benzene rings is 3. The normalized spacial score (nSPS) is 16.0. The standard InChI is InChI=1S/C25H26N2O5S/c1-17-8-11-21(12-9-17)33(29,30)27-16-19-7-5-4-6-18(19)14-22(27)25(28)26-20-10-13-23(31-2)24(15-20)32-3/h4-13,15,22H,14,16H2,1-3H3,(H,26,28)/t22-/m0/s1. The number of hydrogen-bond donors (Lipinski definition) is 1. The lowest BCUT2D eigenvalue weighted by Crippen LogP contribution is -2.50. The average Bonchev–Trinajstić information content (AvgIpc) is 2.83. The van der Waals surface area contributed by atoms with Crippen LogP contribution >= 0.6 is 0 Å². The van der Waals surface area contributed by atoms with Gasteiger partial charge < -0.3 is 14.8 Å². The minimum absolute atomic E-state index is 0.121. The molecule has 1 aliphatic heterocycles. The summed E-state index contributed by atoms with van der Waals surface area (Å²) in [7, 11) is -0.861. The molecular formula is C25H26N2O5S. The van der Waals surface area contributed by atoms with Gasteiger partial charge in [0.1, 0.15) is 6.04 Å². The molecule has 1 amide bonds. The van der Waals surface area contributed by atoms with E-state index in [9.17, 15) is 13.2 Å². The first kappa shape index (κ1) is 22.8. The monoisotopic (exact) mass is 466 g/mol. The van der Waals surface area contributed by atoms with Crippen LogP contribution in [0.3, 0.4) is 0 Å². The number of carbonyl (C=O) groups excluding carboxylic acids is 1. The molecule has 0 aliphatic carbocycles. The Hall–Kier alpha value is -3.36. The van der Waals surface area contributed by atoms with Crippen molar-refractivity contribution >= 4 is 21.6 Å².